The van der Waals surface area contributed by atoms with Gasteiger partial charge in [-0.3, -0.25) is 9.48 Å². The zero-order valence-electron chi connectivity index (χ0n) is 10.3. The van der Waals surface area contributed by atoms with E-state index in [4.69, 9.17) is 5.11 Å². The Morgan fingerprint density at radius 1 is 1.59 bits per heavy atom. The van der Waals surface area contributed by atoms with Crippen LogP contribution in [-0.2, 0) is 16.1 Å². The number of rotatable bonds is 5. The summed E-state index contributed by atoms with van der Waals surface area (Å²) in [6.07, 6.45) is 4.08. The van der Waals surface area contributed by atoms with E-state index in [9.17, 15) is 9.59 Å². The van der Waals surface area contributed by atoms with Crippen molar-refractivity contribution in [3.8, 4) is 0 Å². The van der Waals surface area contributed by atoms with Crippen LogP contribution in [0.2, 0.25) is 0 Å². The van der Waals surface area contributed by atoms with Crippen LogP contribution in [0.5, 0.6) is 0 Å². The Kier molecular flexibility index (Phi) is 4.25. The van der Waals surface area contributed by atoms with Crippen molar-refractivity contribution in [1.29, 1.82) is 0 Å². The Balaban J connectivity index is 2.97. The lowest BCUT2D eigenvalue weighted by molar-refractivity contribution is -0.148. The number of carbonyl (C=O) groups is 2. The second kappa shape index (κ2) is 5.47. The van der Waals surface area contributed by atoms with Gasteiger partial charge in [0.1, 0.15) is 0 Å². The molecule has 1 atom stereocenters. The van der Waals surface area contributed by atoms with Crippen molar-refractivity contribution in [3.05, 3.63) is 18.0 Å². The Hall–Kier alpha value is -1.85. The summed E-state index contributed by atoms with van der Waals surface area (Å²) in [7, 11) is 1.47. The molecule has 0 bridgehead atoms. The van der Waals surface area contributed by atoms with Crippen molar-refractivity contribution in [3.63, 3.8) is 0 Å². The van der Waals surface area contributed by atoms with Gasteiger partial charge in [0.2, 0.25) is 5.91 Å². The summed E-state index contributed by atoms with van der Waals surface area (Å²) in [5.74, 6) is -1.35. The number of aliphatic carboxylic acids is 1. The molecule has 0 aliphatic rings. The van der Waals surface area contributed by atoms with E-state index in [0.29, 0.717) is 5.56 Å². The topological polar surface area (TPSA) is 75.4 Å². The van der Waals surface area contributed by atoms with E-state index in [1.807, 2.05) is 6.92 Å². The predicted molar refractivity (Wildman–Crippen MR) is 61.3 cm³/mol. The van der Waals surface area contributed by atoms with Crippen LogP contribution in [-0.4, -0.2) is 38.7 Å². The minimum absolute atomic E-state index is 0.291. The van der Waals surface area contributed by atoms with Crippen LogP contribution in [0, 0.1) is 0 Å². The van der Waals surface area contributed by atoms with Crippen LogP contribution >= 0.6 is 0 Å². The van der Waals surface area contributed by atoms with Crippen molar-refractivity contribution in [2.75, 3.05) is 7.05 Å². The molecule has 0 aromatic carbocycles. The van der Waals surface area contributed by atoms with Crippen LogP contribution in [0.15, 0.2) is 12.4 Å². The summed E-state index contributed by atoms with van der Waals surface area (Å²) < 4.78 is 1.68. The van der Waals surface area contributed by atoms with Gasteiger partial charge in [0.15, 0.2) is 6.04 Å². The lowest BCUT2D eigenvalue weighted by Gasteiger charge is -2.22. The fourth-order valence-electron chi connectivity index (χ4n) is 1.59. The molecule has 1 aromatic rings. The molecule has 1 unspecified atom stereocenters. The second-order valence-corrected chi connectivity index (χ2v) is 3.91. The fourth-order valence-corrected chi connectivity index (χ4v) is 1.59. The number of hydrogen-bond donors (Lipinski definition) is 1. The van der Waals surface area contributed by atoms with Gasteiger partial charge in [-0.1, -0.05) is 6.92 Å². The molecular formula is C11H17N3O3. The Labute approximate surface area is 99.8 Å². The third-order valence-electron chi connectivity index (χ3n) is 2.54. The first-order valence-electron chi connectivity index (χ1n) is 5.46. The smallest absolute Gasteiger partial charge is 0.331 e. The van der Waals surface area contributed by atoms with Crippen LogP contribution < -0.4 is 0 Å². The van der Waals surface area contributed by atoms with E-state index in [1.165, 1.54) is 25.1 Å². The molecule has 1 N–H and O–H groups in total. The normalized spacial score (nSPS) is 12.2. The van der Waals surface area contributed by atoms with E-state index in [2.05, 4.69) is 5.10 Å². The van der Waals surface area contributed by atoms with Crippen LogP contribution in [0.25, 0.3) is 0 Å². The number of aromatic nitrogens is 2. The Morgan fingerprint density at radius 3 is 2.71 bits per heavy atom. The SMILES string of the molecule is CCCn1cc(C(C(=O)O)N(C)C(C)=O)cn1. The molecule has 0 saturated heterocycles. The molecule has 0 aliphatic carbocycles. The van der Waals surface area contributed by atoms with Crippen molar-refractivity contribution in [1.82, 2.24) is 14.7 Å². The molecule has 94 valence electrons. The molecule has 6 heteroatoms. The second-order valence-electron chi connectivity index (χ2n) is 3.91. The highest BCUT2D eigenvalue weighted by atomic mass is 16.4. The zero-order valence-corrected chi connectivity index (χ0v) is 10.3. The van der Waals surface area contributed by atoms with Gasteiger partial charge in [-0.25, -0.2) is 4.79 Å². The highest BCUT2D eigenvalue weighted by Gasteiger charge is 2.27. The summed E-state index contributed by atoms with van der Waals surface area (Å²) >= 11 is 0. The molecule has 1 heterocycles. The van der Waals surface area contributed by atoms with Gasteiger partial charge in [0, 0.05) is 32.3 Å². The first kappa shape index (κ1) is 13.2. The van der Waals surface area contributed by atoms with Crippen LogP contribution in [0.4, 0.5) is 0 Å². The maximum Gasteiger partial charge on any atom is 0.331 e. The molecule has 0 aliphatic heterocycles. The minimum Gasteiger partial charge on any atom is -0.479 e. The quantitative estimate of drug-likeness (QED) is 0.828. The lowest BCUT2D eigenvalue weighted by atomic mass is 10.1. The number of aryl methyl sites for hydroxylation is 1. The highest BCUT2D eigenvalue weighted by molar-refractivity contribution is 5.83. The van der Waals surface area contributed by atoms with Gasteiger partial charge < -0.3 is 10.0 Å². The fraction of sp³-hybridized carbons (Fsp3) is 0.545. The van der Waals surface area contributed by atoms with Gasteiger partial charge >= 0.3 is 5.97 Å². The largest absolute Gasteiger partial charge is 0.479 e. The number of likely N-dealkylation sites (N-methyl/N-ethyl adjacent to an activating group) is 1. The minimum atomic E-state index is -1.06. The molecule has 1 rings (SSSR count). The van der Waals surface area contributed by atoms with Gasteiger partial charge in [0.05, 0.1) is 6.20 Å². The van der Waals surface area contributed by atoms with Gasteiger partial charge in [0.25, 0.3) is 0 Å². The standard InChI is InChI=1S/C11H17N3O3/c1-4-5-14-7-9(6-12-14)10(11(16)17)13(3)8(2)15/h6-7,10H,4-5H2,1-3H3,(H,16,17). The van der Waals surface area contributed by atoms with Crippen LogP contribution in [0.1, 0.15) is 31.9 Å². The predicted octanol–water partition coefficient (Wildman–Crippen LogP) is 0.897. The van der Waals surface area contributed by atoms with Crippen molar-refractivity contribution < 1.29 is 14.7 Å². The number of carboxylic acids is 1. The number of carbonyl (C=O) groups excluding carboxylic acids is 1. The summed E-state index contributed by atoms with van der Waals surface area (Å²) in [4.78, 5) is 23.6. The lowest BCUT2D eigenvalue weighted by Crippen LogP contribution is -2.34. The van der Waals surface area contributed by atoms with E-state index < -0.39 is 12.0 Å². The first-order chi connectivity index (χ1) is 7.97. The summed E-state index contributed by atoms with van der Waals surface area (Å²) in [5, 5.41) is 13.2. The maximum absolute atomic E-state index is 11.2. The van der Waals surface area contributed by atoms with Crippen molar-refractivity contribution in [2.45, 2.75) is 32.9 Å². The first-order valence-corrected chi connectivity index (χ1v) is 5.46. The number of amides is 1. The Morgan fingerprint density at radius 2 is 2.24 bits per heavy atom. The summed E-state index contributed by atoms with van der Waals surface area (Å²) in [5.41, 5.74) is 0.517. The average molecular weight is 239 g/mol. The molecule has 17 heavy (non-hydrogen) atoms. The average Bonchev–Trinajstić information content (AvgIpc) is 2.66. The van der Waals surface area contributed by atoms with Gasteiger partial charge in [-0.15, -0.1) is 0 Å². The highest BCUT2D eigenvalue weighted by Crippen LogP contribution is 2.19. The van der Waals surface area contributed by atoms with Crippen molar-refractivity contribution in [2.24, 2.45) is 0 Å². The number of carboxylic acid groups (broad SMARTS) is 1. The molecule has 6 nitrogen and oxygen atoms in total. The van der Waals surface area contributed by atoms with E-state index >= 15 is 0 Å². The molecule has 1 amide bonds. The van der Waals surface area contributed by atoms with E-state index in [1.54, 1.807) is 10.9 Å². The monoisotopic (exact) mass is 239 g/mol. The summed E-state index contributed by atoms with van der Waals surface area (Å²) in [6.45, 7) is 4.08. The van der Waals surface area contributed by atoms with Crippen LogP contribution in [0.3, 0.4) is 0 Å². The summed E-state index contributed by atoms with van der Waals surface area (Å²) in [6, 6.07) is -0.974. The molecule has 0 spiro atoms. The zero-order chi connectivity index (χ0) is 13.0. The molecule has 1 aromatic heterocycles. The van der Waals surface area contributed by atoms with E-state index in [0.717, 1.165) is 13.0 Å². The molecular weight excluding hydrogens is 222 g/mol. The van der Waals surface area contributed by atoms with Crippen molar-refractivity contribution >= 4 is 11.9 Å². The third kappa shape index (κ3) is 3.05. The maximum atomic E-state index is 11.2. The number of nitrogens with zero attached hydrogens (tertiary/aromatic N) is 3. The van der Waals surface area contributed by atoms with Gasteiger partial charge in [-0.05, 0) is 6.42 Å². The molecule has 0 radical (unpaired) electrons. The molecule has 0 saturated carbocycles. The van der Waals surface area contributed by atoms with E-state index in [-0.39, 0.29) is 5.91 Å². The van der Waals surface area contributed by atoms with Gasteiger partial charge in [-0.2, -0.15) is 5.10 Å². The third-order valence-corrected chi connectivity index (χ3v) is 2.54. The number of hydrogen-bond acceptors (Lipinski definition) is 3. The Bertz CT molecular complexity index is 414. The molecule has 0 fully saturated rings.